The quantitative estimate of drug-likeness (QED) is 0.842. The number of aryl methyl sites for hydroxylation is 2. The Morgan fingerprint density at radius 1 is 1.32 bits per heavy atom. The Bertz CT molecular complexity index is 827. The molecule has 22 heavy (non-hydrogen) atoms. The molecular formula is C15H22N4O2S. The van der Waals surface area contributed by atoms with Gasteiger partial charge in [0.25, 0.3) is 0 Å². The molecule has 0 amide bonds. The molecule has 0 radical (unpaired) electrons. The number of rotatable bonds is 2. The highest BCUT2D eigenvalue weighted by Gasteiger charge is 2.37. The van der Waals surface area contributed by atoms with Gasteiger partial charge in [0.05, 0.1) is 17.6 Å². The van der Waals surface area contributed by atoms with Crippen LogP contribution in [0.2, 0.25) is 0 Å². The number of hydrogen-bond donors (Lipinski definition) is 0. The Balaban J connectivity index is 2.03. The summed E-state index contributed by atoms with van der Waals surface area (Å²) in [5.74, 6) is 0. The zero-order chi connectivity index (χ0) is 16.1. The Hall–Kier alpha value is -1.47. The monoisotopic (exact) mass is 322 g/mol. The van der Waals surface area contributed by atoms with Crippen molar-refractivity contribution in [3.05, 3.63) is 23.5 Å². The fourth-order valence-electron chi connectivity index (χ4n) is 3.32. The van der Waals surface area contributed by atoms with E-state index >= 15 is 0 Å². The third kappa shape index (κ3) is 2.52. The summed E-state index contributed by atoms with van der Waals surface area (Å²) in [7, 11) is -1.28. The van der Waals surface area contributed by atoms with Crippen LogP contribution in [0.25, 0.3) is 11.0 Å². The summed E-state index contributed by atoms with van der Waals surface area (Å²) in [6, 6.07) is 4.06. The van der Waals surface area contributed by atoms with Crippen molar-refractivity contribution >= 4 is 21.1 Å². The van der Waals surface area contributed by atoms with Gasteiger partial charge in [-0.1, -0.05) is 6.92 Å². The number of sulfonamides is 1. The van der Waals surface area contributed by atoms with Crippen molar-refractivity contribution in [3.8, 4) is 0 Å². The molecule has 1 atom stereocenters. The van der Waals surface area contributed by atoms with Gasteiger partial charge >= 0.3 is 0 Å². The number of pyridine rings is 1. The first kappa shape index (κ1) is 15.4. The van der Waals surface area contributed by atoms with E-state index in [-0.39, 0.29) is 5.41 Å². The number of piperidine rings is 1. The molecule has 0 bridgehead atoms. The van der Waals surface area contributed by atoms with Gasteiger partial charge in [0.1, 0.15) is 0 Å². The lowest BCUT2D eigenvalue weighted by Crippen LogP contribution is -2.47. The van der Waals surface area contributed by atoms with Crippen LogP contribution in [-0.4, -0.2) is 46.8 Å². The van der Waals surface area contributed by atoms with Crippen LogP contribution in [0.1, 0.15) is 31.2 Å². The van der Waals surface area contributed by atoms with E-state index in [4.69, 9.17) is 4.98 Å². The van der Waals surface area contributed by atoms with E-state index in [0.29, 0.717) is 13.1 Å². The van der Waals surface area contributed by atoms with Gasteiger partial charge in [0, 0.05) is 30.9 Å². The Morgan fingerprint density at radius 2 is 2.05 bits per heavy atom. The lowest BCUT2D eigenvalue weighted by molar-refractivity contribution is 0.237. The molecule has 1 fully saturated rings. The molecule has 0 aliphatic carbocycles. The maximum atomic E-state index is 11.9. The van der Waals surface area contributed by atoms with E-state index in [9.17, 15) is 8.42 Å². The van der Waals surface area contributed by atoms with Crippen molar-refractivity contribution in [2.75, 3.05) is 19.3 Å². The van der Waals surface area contributed by atoms with Gasteiger partial charge in [-0.25, -0.2) is 17.7 Å². The fraction of sp³-hybridized carbons (Fsp3) is 0.600. The predicted octanol–water partition coefficient (Wildman–Crippen LogP) is 1.59. The maximum absolute atomic E-state index is 11.9. The average Bonchev–Trinajstić information content (AvgIpc) is 2.73. The highest BCUT2D eigenvalue weighted by Crippen LogP contribution is 2.34. The summed E-state index contributed by atoms with van der Waals surface area (Å²) in [5.41, 5.74) is 2.50. The largest absolute Gasteiger partial charge is 0.250 e. The zero-order valence-electron chi connectivity index (χ0n) is 13.5. The summed E-state index contributed by atoms with van der Waals surface area (Å²) >= 11 is 0. The van der Waals surface area contributed by atoms with Crippen molar-refractivity contribution in [2.24, 2.45) is 7.05 Å². The third-order valence-electron chi connectivity index (χ3n) is 4.62. The summed E-state index contributed by atoms with van der Waals surface area (Å²) in [6.07, 6.45) is 3.07. The van der Waals surface area contributed by atoms with Crippen LogP contribution in [0.3, 0.4) is 0 Å². The first-order valence-electron chi connectivity index (χ1n) is 7.47. The fourth-order valence-corrected chi connectivity index (χ4v) is 4.31. The molecule has 2 aromatic rings. The molecule has 0 spiro atoms. The predicted molar refractivity (Wildman–Crippen MR) is 86.2 cm³/mol. The van der Waals surface area contributed by atoms with Gasteiger partial charge in [0.15, 0.2) is 5.65 Å². The second-order valence-corrected chi connectivity index (χ2v) is 8.52. The lowest BCUT2D eigenvalue weighted by Gasteiger charge is -2.38. The molecule has 1 aliphatic heterocycles. The standard InChI is InChI=1S/C15H22N4O2S/c1-11-12-6-7-13(16-14(12)18(3)17-11)15(2)8-5-9-19(10-15)22(4,20)21/h6-7H,5,8-10H2,1-4H3/t15-/m1/s1. The highest BCUT2D eigenvalue weighted by atomic mass is 32.2. The van der Waals surface area contributed by atoms with Crippen LogP contribution in [-0.2, 0) is 22.5 Å². The minimum absolute atomic E-state index is 0.256. The summed E-state index contributed by atoms with van der Waals surface area (Å²) < 4.78 is 27.1. The molecule has 3 rings (SSSR count). The number of hydrogen-bond acceptors (Lipinski definition) is 4. The van der Waals surface area contributed by atoms with Gasteiger partial charge in [0.2, 0.25) is 10.0 Å². The Morgan fingerprint density at radius 3 is 2.73 bits per heavy atom. The minimum atomic E-state index is -3.16. The van der Waals surface area contributed by atoms with Crippen LogP contribution in [0.5, 0.6) is 0 Å². The molecule has 120 valence electrons. The van der Waals surface area contributed by atoms with Crippen molar-refractivity contribution in [1.29, 1.82) is 0 Å². The second-order valence-electron chi connectivity index (χ2n) is 6.54. The topological polar surface area (TPSA) is 68.1 Å². The van der Waals surface area contributed by atoms with Gasteiger partial charge in [-0.15, -0.1) is 0 Å². The van der Waals surface area contributed by atoms with Gasteiger partial charge < -0.3 is 0 Å². The molecule has 0 N–H and O–H groups in total. The maximum Gasteiger partial charge on any atom is 0.211 e. The van der Waals surface area contributed by atoms with Gasteiger partial charge in [-0.3, -0.25) is 4.68 Å². The molecule has 0 aromatic carbocycles. The minimum Gasteiger partial charge on any atom is -0.250 e. The lowest BCUT2D eigenvalue weighted by atomic mass is 9.79. The number of fused-ring (bicyclic) bond motifs is 1. The first-order valence-corrected chi connectivity index (χ1v) is 9.31. The van der Waals surface area contributed by atoms with Gasteiger partial charge in [-0.2, -0.15) is 5.10 Å². The van der Waals surface area contributed by atoms with Crippen molar-refractivity contribution in [1.82, 2.24) is 19.1 Å². The molecule has 0 saturated carbocycles. The SMILES string of the molecule is Cc1nn(C)c2nc([C@]3(C)CCCN(S(C)(=O)=O)C3)ccc12. The Kier molecular flexibility index (Phi) is 3.52. The highest BCUT2D eigenvalue weighted by molar-refractivity contribution is 7.88. The molecule has 1 aliphatic rings. The van der Waals surface area contributed by atoms with Crippen molar-refractivity contribution in [3.63, 3.8) is 0 Å². The van der Waals surface area contributed by atoms with Crippen LogP contribution >= 0.6 is 0 Å². The van der Waals surface area contributed by atoms with E-state index in [1.54, 1.807) is 8.99 Å². The normalized spacial score (nSPS) is 24.0. The van der Waals surface area contributed by atoms with Crippen LogP contribution in [0.4, 0.5) is 0 Å². The molecule has 2 aromatic heterocycles. The molecule has 0 unspecified atom stereocenters. The van der Waals surface area contributed by atoms with Crippen LogP contribution in [0, 0.1) is 6.92 Å². The first-order chi connectivity index (χ1) is 10.2. The van der Waals surface area contributed by atoms with Gasteiger partial charge in [-0.05, 0) is 31.9 Å². The van der Waals surface area contributed by atoms with Crippen LogP contribution in [0.15, 0.2) is 12.1 Å². The molecule has 6 nitrogen and oxygen atoms in total. The summed E-state index contributed by atoms with van der Waals surface area (Å²) in [4.78, 5) is 4.79. The van der Waals surface area contributed by atoms with Crippen LogP contribution < -0.4 is 0 Å². The molecular weight excluding hydrogens is 300 g/mol. The zero-order valence-corrected chi connectivity index (χ0v) is 14.3. The number of nitrogens with zero attached hydrogens (tertiary/aromatic N) is 4. The summed E-state index contributed by atoms with van der Waals surface area (Å²) in [6.45, 7) is 5.15. The Labute approximate surface area is 131 Å². The summed E-state index contributed by atoms with van der Waals surface area (Å²) in [5, 5.41) is 5.45. The molecule has 7 heteroatoms. The average molecular weight is 322 g/mol. The molecule has 1 saturated heterocycles. The third-order valence-corrected chi connectivity index (χ3v) is 5.87. The number of aromatic nitrogens is 3. The smallest absolute Gasteiger partial charge is 0.211 e. The molecule has 3 heterocycles. The van der Waals surface area contributed by atoms with E-state index in [1.807, 2.05) is 26.1 Å². The second kappa shape index (κ2) is 5.03. The van der Waals surface area contributed by atoms with E-state index in [0.717, 1.165) is 35.3 Å². The van der Waals surface area contributed by atoms with E-state index < -0.39 is 10.0 Å². The van der Waals surface area contributed by atoms with E-state index in [2.05, 4.69) is 12.0 Å². The van der Waals surface area contributed by atoms with Crippen molar-refractivity contribution < 1.29 is 8.42 Å². The van der Waals surface area contributed by atoms with E-state index in [1.165, 1.54) is 6.26 Å². The van der Waals surface area contributed by atoms with Crippen molar-refractivity contribution in [2.45, 2.75) is 32.1 Å².